The summed E-state index contributed by atoms with van der Waals surface area (Å²) >= 11 is 6.49. The van der Waals surface area contributed by atoms with Crippen molar-refractivity contribution in [3.63, 3.8) is 0 Å². The van der Waals surface area contributed by atoms with E-state index in [0.29, 0.717) is 15.8 Å². The minimum atomic E-state index is -0.0382. The number of nitrogens with zero attached hydrogens (tertiary/aromatic N) is 2. The normalized spacial score (nSPS) is 18.2. The van der Waals surface area contributed by atoms with Gasteiger partial charge in [-0.1, -0.05) is 30.1 Å². The van der Waals surface area contributed by atoms with Gasteiger partial charge in [-0.2, -0.15) is 0 Å². The Balaban J connectivity index is 2.24. The van der Waals surface area contributed by atoms with Crippen LogP contribution in [-0.4, -0.2) is 26.2 Å². The number of hydrogen-bond acceptors (Lipinski definition) is 3. The molecule has 0 radical (unpaired) electrons. The Morgan fingerprint density at radius 1 is 1.59 bits per heavy atom. The third-order valence-corrected chi connectivity index (χ3v) is 3.72. The van der Waals surface area contributed by atoms with Crippen LogP contribution in [0.2, 0.25) is 0 Å². The summed E-state index contributed by atoms with van der Waals surface area (Å²) in [5, 5.41) is 0. The second-order valence-corrected chi connectivity index (χ2v) is 5.37. The van der Waals surface area contributed by atoms with Crippen LogP contribution in [0.1, 0.15) is 5.56 Å². The molecule has 0 atom stereocenters. The van der Waals surface area contributed by atoms with Gasteiger partial charge in [-0.15, -0.1) is 6.58 Å². The van der Waals surface area contributed by atoms with E-state index in [-0.39, 0.29) is 5.91 Å². The molecule has 1 aliphatic rings. The maximum atomic E-state index is 12.0. The van der Waals surface area contributed by atoms with Gasteiger partial charge in [-0.05, 0) is 17.7 Å². The van der Waals surface area contributed by atoms with Gasteiger partial charge in [0.1, 0.15) is 4.32 Å². The molecule has 1 fully saturated rings. The molecule has 0 spiro atoms. The van der Waals surface area contributed by atoms with Gasteiger partial charge >= 0.3 is 0 Å². The quantitative estimate of drug-likeness (QED) is 0.476. The SMILES string of the molecule is C=CCN1C(=O)/C(=C\c2ccn(C)c2)SC1=S. The molecule has 0 aliphatic carbocycles. The van der Waals surface area contributed by atoms with Crippen molar-refractivity contribution in [1.29, 1.82) is 0 Å². The molecule has 0 bridgehead atoms. The summed E-state index contributed by atoms with van der Waals surface area (Å²) in [5.74, 6) is -0.0382. The molecule has 1 aliphatic heterocycles. The number of amides is 1. The van der Waals surface area contributed by atoms with E-state index in [9.17, 15) is 4.79 Å². The third-order valence-electron chi connectivity index (χ3n) is 2.34. The molecular formula is C12H12N2OS2. The lowest BCUT2D eigenvalue weighted by Gasteiger charge is -2.10. The second kappa shape index (κ2) is 4.89. The Bertz CT molecular complexity index is 516. The molecule has 0 unspecified atom stereocenters. The zero-order chi connectivity index (χ0) is 12.4. The van der Waals surface area contributed by atoms with Crippen molar-refractivity contribution in [2.45, 2.75) is 0 Å². The maximum Gasteiger partial charge on any atom is 0.266 e. The summed E-state index contributed by atoms with van der Waals surface area (Å²) in [6, 6.07) is 1.96. The molecule has 0 aromatic carbocycles. The van der Waals surface area contributed by atoms with Crippen LogP contribution in [0.25, 0.3) is 6.08 Å². The number of carbonyl (C=O) groups excluding carboxylic acids is 1. The Morgan fingerprint density at radius 3 is 2.94 bits per heavy atom. The fraction of sp³-hybridized carbons (Fsp3) is 0.167. The first kappa shape index (κ1) is 12.1. The Morgan fingerprint density at radius 2 is 2.35 bits per heavy atom. The highest BCUT2D eigenvalue weighted by molar-refractivity contribution is 8.26. The highest BCUT2D eigenvalue weighted by atomic mass is 32.2. The predicted molar refractivity (Wildman–Crippen MR) is 75.5 cm³/mol. The molecule has 2 heterocycles. The Hall–Kier alpha value is -1.33. The fourth-order valence-electron chi connectivity index (χ4n) is 1.55. The van der Waals surface area contributed by atoms with Crippen molar-refractivity contribution < 1.29 is 4.79 Å². The summed E-state index contributed by atoms with van der Waals surface area (Å²) in [4.78, 5) is 14.2. The van der Waals surface area contributed by atoms with E-state index in [1.165, 1.54) is 11.8 Å². The van der Waals surface area contributed by atoms with Crippen molar-refractivity contribution in [3.8, 4) is 0 Å². The first-order chi connectivity index (χ1) is 8.11. The van der Waals surface area contributed by atoms with Gasteiger partial charge in [0.25, 0.3) is 5.91 Å². The van der Waals surface area contributed by atoms with Gasteiger partial charge < -0.3 is 4.57 Å². The van der Waals surface area contributed by atoms with Crippen molar-refractivity contribution in [2.75, 3.05) is 6.54 Å². The average molecular weight is 264 g/mol. The number of thioether (sulfide) groups is 1. The molecule has 0 saturated carbocycles. The fourth-order valence-corrected chi connectivity index (χ4v) is 2.82. The summed E-state index contributed by atoms with van der Waals surface area (Å²) in [6.45, 7) is 4.09. The first-order valence-electron chi connectivity index (χ1n) is 5.10. The standard InChI is InChI=1S/C12H12N2OS2/c1-3-5-14-11(15)10(17-12(14)16)7-9-4-6-13(2)8-9/h3-4,6-8H,1,5H2,2H3/b10-7+. The molecule has 3 nitrogen and oxygen atoms in total. The van der Waals surface area contributed by atoms with Crippen molar-refractivity contribution >= 4 is 40.3 Å². The molecular weight excluding hydrogens is 252 g/mol. The summed E-state index contributed by atoms with van der Waals surface area (Å²) < 4.78 is 2.54. The van der Waals surface area contributed by atoms with Gasteiger partial charge in [0.05, 0.1) is 4.91 Å². The molecule has 1 saturated heterocycles. The smallest absolute Gasteiger partial charge is 0.266 e. The third kappa shape index (κ3) is 2.50. The molecule has 1 aromatic heterocycles. The molecule has 2 rings (SSSR count). The number of rotatable bonds is 3. The predicted octanol–water partition coefficient (Wildman–Crippen LogP) is 2.41. The van der Waals surface area contributed by atoms with Crippen molar-refractivity contribution in [2.24, 2.45) is 7.05 Å². The highest BCUT2D eigenvalue weighted by Gasteiger charge is 2.30. The molecule has 17 heavy (non-hydrogen) atoms. The van der Waals surface area contributed by atoms with E-state index in [4.69, 9.17) is 12.2 Å². The molecule has 88 valence electrons. The van der Waals surface area contributed by atoms with Gasteiger partial charge in [0.15, 0.2) is 0 Å². The lowest BCUT2D eigenvalue weighted by atomic mass is 10.3. The number of aryl methyl sites for hydroxylation is 1. The zero-order valence-electron chi connectivity index (χ0n) is 9.42. The summed E-state index contributed by atoms with van der Waals surface area (Å²) in [5.41, 5.74) is 1.01. The zero-order valence-corrected chi connectivity index (χ0v) is 11.1. The molecule has 1 aromatic rings. The van der Waals surface area contributed by atoms with Crippen LogP contribution in [0.5, 0.6) is 0 Å². The number of thiocarbonyl (C=S) groups is 1. The van der Waals surface area contributed by atoms with Crippen molar-refractivity contribution in [1.82, 2.24) is 9.47 Å². The summed E-state index contributed by atoms with van der Waals surface area (Å²) in [7, 11) is 1.94. The van der Waals surface area contributed by atoms with Gasteiger partial charge in [0.2, 0.25) is 0 Å². The molecule has 1 amide bonds. The number of aromatic nitrogens is 1. The lowest BCUT2D eigenvalue weighted by Crippen LogP contribution is -2.27. The lowest BCUT2D eigenvalue weighted by molar-refractivity contribution is -0.121. The largest absolute Gasteiger partial charge is 0.357 e. The second-order valence-electron chi connectivity index (χ2n) is 3.69. The van der Waals surface area contributed by atoms with E-state index < -0.39 is 0 Å². The van der Waals surface area contributed by atoms with E-state index >= 15 is 0 Å². The minimum absolute atomic E-state index is 0.0382. The van der Waals surface area contributed by atoms with Crippen molar-refractivity contribution in [3.05, 3.63) is 41.6 Å². The van der Waals surface area contributed by atoms with Gasteiger partial charge in [-0.25, -0.2) is 0 Å². The molecule has 0 N–H and O–H groups in total. The maximum absolute atomic E-state index is 12.0. The number of carbonyl (C=O) groups is 1. The average Bonchev–Trinajstić information content (AvgIpc) is 2.79. The van der Waals surface area contributed by atoms with Gasteiger partial charge in [-0.3, -0.25) is 9.69 Å². The summed E-state index contributed by atoms with van der Waals surface area (Å²) in [6.07, 6.45) is 7.44. The Kier molecular flexibility index (Phi) is 3.49. The number of hydrogen-bond donors (Lipinski definition) is 0. The van der Waals surface area contributed by atoms with Crippen LogP contribution in [-0.2, 0) is 11.8 Å². The minimum Gasteiger partial charge on any atom is -0.357 e. The van der Waals surface area contributed by atoms with E-state index in [2.05, 4.69) is 6.58 Å². The topological polar surface area (TPSA) is 25.2 Å². The van der Waals surface area contributed by atoms with E-state index in [0.717, 1.165) is 5.56 Å². The van der Waals surface area contributed by atoms with Crippen LogP contribution in [0, 0.1) is 0 Å². The van der Waals surface area contributed by atoms with Crippen LogP contribution in [0.3, 0.4) is 0 Å². The van der Waals surface area contributed by atoms with E-state index in [1.807, 2.05) is 36.2 Å². The molecule has 5 heteroatoms. The highest BCUT2D eigenvalue weighted by Crippen LogP contribution is 2.32. The van der Waals surface area contributed by atoms with E-state index in [1.54, 1.807) is 11.0 Å². The van der Waals surface area contributed by atoms with Crippen LogP contribution < -0.4 is 0 Å². The van der Waals surface area contributed by atoms with Gasteiger partial charge in [0, 0.05) is 26.0 Å². The monoisotopic (exact) mass is 264 g/mol. The Labute approximate surface area is 110 Å². The van der Waals surface area contributed by atoms with Crippen LogP contribution >= 0.6 is 24.0 Å². The van der Waals surface area contributed by atoms with Crippen LogP contribution in [0.4, 0.5) is 0 Å². The first-order valence-corrected chi connectivity index (χ1v) is 6.32. The van der Waals surface area contributed by atoms with Crippen LogP contribution in [0.15, 0.2) is 36.0 Å².